The van der Waals surface area contributed by atoms with Gasteiger partial charge in [0.05, 0.1) is 17.4 Å². The van der Waals surface area contributed by atoms with E-state index in [4.69, 9.17) is 0 Å². The van der Waals surface area contributed by atoms with Crippen molar-refractivity contribution in [2.24, 2.45) is 14.1 Å². The minimum Gasteiger partial charge on any atom is -0.343 e. The van der Waals surface area contributed by atoms with Crippen LogP contribution in [0.1, 0.15) is 6.92 Å². The molecule has 0 aliphatic rings. The van der Waals surface area contributed by atoms with E-state index in [9.17, 15) is 4.79 Å². The summed E-state index contributed by atoms with van der Waals surface area (Å²) in [4.78, 5) is 15.6. The largest absolute Gasteiger partial charge is 0.343 e. The molecule has 0 atom stereocenters. The van der Waals surface area contributed by atoms with Crippen molar-refractivity contribution in [3.8, 4) is 11.3 Å². The van der Waals surface area contributed by atoms with Gasteiger partial charge in [0.15, 0.2) is 0 Å². The summed E-state index contributed by atoms with van der Waals surface area (Å²) in [5.41, 5.74) is 4.91. The third kappa shape index (κ3) is 3.39. The second-order valence-electron chi connectivity index (χ2n) is 6.50. The Bertz CT molecular complexity index is 1120. The Hall–Kier alpha value is -3.61. The molecule has 0 aliphatic heterocycles. The number of pyridine rings is 1. The molecule has 7 heteroatoms. The fraction of sp³-hybridized carbons (Fsp3) is 0.150. The summed E-state index contributed by atoms with van der Waals surface area (Å²) in [5.74, 6) is 0.671. The first-order chi connectivity index (χ1) is 13.0. The molecule has 27 heavy (non-hydrogen) atoms. The average Bonchev–Trinajstić information content (AvgIpc) is 3.20. The average molecular weight is 360 g/mol. The summed E-state index contributed by atoms with van der Waals surface area (Å²) < 4.78 is 3.93. The van der Waals surface area contributed by atoms with Crippen LogP contribution >= 0.6 is 0 Å². The van der Waals surface area contributed by atoms with Crippen molar-refractivity contribution >= 4 is 34.0 Å². The number of carbonyl (C=O) groups is 1. The van der Waals surface area contributed by atoms with Crippen molar-refractivity contribution in [2.45, 2.75) is 6.92 Å². The maximum atomic E-state index is 11.1. The number of benzene rings is 1. The van der Waals surface area contributed by atoms with Crippen LogP contribution in [0.2, 0.25) is 0 Å². The number of nitrogens with one attached hydrogen (secondary N) is 2. The van der Waals surface area contributed by atoms with Crippen LogP contribution < -0.4 is 10.6 Å². The highest BCUT2D eigenvalue weighted by Gasteiger charge is 2.11. The lowest BCUT2D eigenvalue weighted by molar-refractivity contribution is -0.114. The minimum atomic E-state index is -0.0871. The number of carbonyl (C=O) groups excluding carboxylic acids is 1. The van der Waals surface area contributed by atoms with E-state index in [-0.39, 0.29) is 5.91 Å². The van der Waals surface area contributed by atoms with Gasteiger partial charge in [-0.3, -0.25) is 9.48 Å². The molecule has 0 radical (unpaired) electrons. The second kappa shape index (κ2) is 6.60. The quantitative estimate of drug-likeness (QED) is 0.582. The molecule has 3 aromatic heterocycles. The zero-order chi connectivity index (χ0) is 19.0. The van der Waals surface area contributed by atoms with Gasteiger partial charge in [0.2, 0.25) is 5.91 Å². The molecule has 4 aromatic rings. The number of aromatic nitrogens is 4. The van der Waals surface area contributed by atoms with Gasteiger partial charge in [0.1, 0.15) is 5.82 Å². The summed E-state index contributed by atoms with van der Waals surface area (Å²) in [5, 5.41) is 11.4. The summed E-state index contributed by atoms with van der Waals surface area (Å²) >= 11 is 0. The first kappa shape index (κ1) is 16.8. The number of hydrogen-bond donors (Lipinski definition) is 2. The molecule has 0 aliphatic carbocycles. The van der Waals surface area contributed by atoms with Gasteiger partial charge >= 0.3 is 0 Å². The molecule has 7 nitrogen and oxygen atoms in total. The van der Waals surface area contributed by atoms with E-state index < -0.39 is 0 Å². The molecule has 1 amide bonds. The summed E-state index contributed by atoms with van der Waals surface area (Å²) in [6.45, 7) is 1.49. The number of amides is 1. The Labute approximate surface area is 156 Å². The van der Waals surface area contributed by atoms with Crippen molar-refractivity contribution in [1.82, 2.24) is 19.3 Å². The van der Waals surface area contributed by atoms with Crippen LogP contribution in [-0.4, -0.2) is 25.2 Å². The molecule has 3 heterocycles. The van der Waals surface area contributed by atoms with E-state index >= 15 is 0 Å². The first-order valence-corrected chi connectivity index (χ1v) is 8.59. The number of anilines is 3. The molecule has 0 saturated heterocycles. The third-order valence-electron chi connectivity index (χ3n) is 4.41. The predicted molar refractivity (Wildman–Crippen MR) is 107 cm³/mol. The monoisotopic (exact) mass is 360 g/mol. The molecule has 136 valence electrons. The Kier molecular flexibility index (Phi) is 4.12. The number of aryl methyl sites for hydroxylation is 2. The lowest BCUT2D eigenvalue weighted by atomic mass is 10.2. The molecule has 2 N–H and O–H groups in total. The summed E-state index contributed by atoms with van der Waals surface area (Å²) in [6.07, 6.45) is 5.72. The number of fused-ring (bicyclic) bond motifs is 1. The van der Waals surface area contributed by atoms with Crippen molar-refractivity contribution in [2.75, 3.05) is 10.6 Å². The first-order valence-electron chi connectivity index (χ1n) is 8.59. The standard InChI is InChI=1S/C20H20N6O/c1-13(27)23-16-4-6-17(7-5-16)24-20-9-19-14(10-21-20)8-18(26(19)3)15-11-22-25(2)12-15/h4-12H,1-3H3,(H,21,24)(H,23,27). The van der Waals surface area contributed by atoms with Crippen LogP contribution in [0.4, 0.5) is 17.2 Å². The highest BCUT2D eigenvalue weighted by atomic mass is 16.1. The van der Waals surface area contributed by atoms with Gasteiger partial charge in [0.25, 0.3) is 0 Å². The van der Waals surface area contributed by atoms with Crippen molar-refractivity contribution < 1.29 is 4.79 Å². The van der Waals surface area contributed by atoms with E-state index in [1.54, 1.807) is 4.68 Å². The highest BCUT2D eigenvalue weighted by molar-refractivity contribution is 5.89. The van der Waals surface area contributed by atoms with Gasteiger partial charge in [-0.2, -0.15) is 5.10 Å². The maximum absolute atomic E-state index is 11.1. The molecular weight excluding hydrogens is 340 g/mol. The molecule has 0 unspecified atom stereocenters. The molecule has 0 bridgehead atoms. The summed E-state index contributed by atoms with van der Waals surface area (Å²) in [6, 6.07) is 11.7. The van der Waals surface area contributed by atoms with Crippen LogP contribution in [0.5, 0.6) is 0 Å². The molecule has 0 fully saturated rings. The minimum absolute atomic E-state index is 0.0871. The third-order valence-corrected chi connectivity index (χ3v) is 4.41. The van der Waals surface area contributed by atoms with Gasteiger partial charge < -0.3 is 15.2 Å². The van der Waals surface area contributed by atoms with Crippen LogP contribution in [0, 0.1) is 0 Å². The Morgan fingerprint density at radius 1 is 1.04 bits per heavy atom. The Morgan fingerprint density at radius 2 is 1.78 bits per heavy atom. The molecular formula is C20H20N6O. The van der Waals surface area contributed by atoms with E-state index in [0.717, 1.165) is 39.4 Å². The van der Waals surface area contributed by atoms with E-state index in [0.29, 0.717) is 0 Å². The SMILES string of the molecule is CC(=O)Nc1ccc(Nc2cc3c(cn2)cc(-c2cnn(C)c2)n3C)cc1. The van der Waals surface area contributed by atoms with E-state index in [1.807, 2.05) is 63.0 Å². The zero-order valence-corrected chi connectivity index (χ0v) is 15.4. The Balaban J connectivity index is 1.61. The lowest BCUT2D eigenvalue weighted by Gasteiger charge is -2.08. The summed E-state index contributed by atoms with van der Waals surface area (Å²) in [7, 11) is 3.95. The van der Waals surface area contributed by atoms with E-state index in [2.05, 4.69) is 31.3 Å². The molecule has 1 aromatic carbocycles. The van der Waals surface area contributed by atoms with Crippen LogP contribution in [0.3, 0.4) is 0 Å². The Morgan fingerprint density at radius 3 is 2.44 bits per heavy atom. The molecule has 4 rings (SSSR count). The smallest absolute Gasteiger partial charge is 0.221 e. The lowest BCUT2D eigenvalue weighted by Crippen LogP contribution is -2.05. The van der Waals surface area contributed by atoms with Gasteiger partial charge in [-0.25, -0.2) is 4.98 Å². The fourth-order valence-electron chi connectivity index (χ4n) is 3.12. The van der Waals surface area contributed by atoms with Gasteiger partial charge in [-0.1, -0.05) is 0 Å². The van der Waals surface area contributed by atoms with Crippen LogP contribution in [0.25, 0.3) is 22.2 Å². The van der Waals surface area contributed by atoms with Crippen molar-refractivity contribution in [1.29, 1.82) is 0 Å². The number of rotatable bonds is 4. The normalized spacial score (nSPS) is 10.9. The fourth-order valence-corrected chi connectivity index (χ4v) is 3.12. The topological polar surface area (TPSA) is 76.8 Å². The number of nitrogens with zero attached hydrogens (tertiary/aromatic N) is 4. The van der Waals surface area contributed by atoms with Crippen LogP contribution in [-0.2, 0) is 18.9 Å². The van der Waals surface area contributed by atoms with Crippen LogP contribution in [0.15, 0.2) is 55.0 Å². The highest BCUT2D eigenvalue weighted by Crippen LogP contribution is 2.28. The zero-order valence-electron chi connectivity index (χ0n) is 15.4. The van der Waals surface area contributed by atoms with Gasteiger partial charge in [-0.05, 0) is 30.3 Å². The maximum Gasteiger partial charge on any atom is 0.221 e. The van der Waals surface area contributed by atoms with E-state index in [1.165, 1.54) is 6.92 Å². The van der Waals surface area contributed by atoms with Gasteiger partial charge in [0, 0.05) is 61.8 Å². The molecule has 0 spiro atoms. The molecule has 0 saturated carbocycles. The second-order valence-corrected chi connectivity index (χ2v) is 6.50. The predicted octanol–water partition coefficient (Wildman–Crippen LogP) is 3.68. The van der Waals surface area contributed by atoms with Crippen molar-refractivity contribution in [3.05, 3.63) is 55.0 Å². The van der Waals surface area contributed by atoms with Gasteiger partial charge in [-0.15, -0.1) is 0 Å². The van der Waals surface area contributed by atoms with Crippen molar-refractivity contribution in [3.63, 3.8) is 0 Å². The number of hydrogen-bond acceptors (Lipinski definition) is 4.